The minimum absolute atomic E-state index is 0.00774. The lowest BCUT2D eigenvalue weighted by atomic mass is 10.3. The molecule has 0 bridgehead atoms. The van der Waals surface area contributed by atoms with Gasteiger partial charge in [-0.1, -0.05) is 25.5 Å². The molecule has 0 radical (unpaired) electrons. The van der Waals surface area contributed by atoms with Crippen molar-refractivity contribution in [3.63, 3.8) is 0 Å². The molecule has 7 nitrogen and oxygen atoms in total. The molecule has 1 aromatic heterocycles. The van der Waals surface area contributed by atoms with Crippen molar-refractivity contribution in [2.75, 3.05) is 5.32 Å². The quantitative estimate of drug-likeness (QED) is 0.765. The molecule has 0 saturated heterocycles. The Morgan fingerprint density at radius 1 is 1.27 bits per heavy atom. The van der Waals surface area contributed by atoms with Gasteiger partial charge in [0.1, 0.15) is 5.82 Å². The summed E-state index contributed by atoms with van der Waals surface area (Å²) in [6.45, 7) is 3.72. The average molecular weight is 361 g/mol. The highest BCUT2D eigenvalue weighted by atomic mass is 19.1. The number of nitrogens with one attached hydrogen (secondary N) is 1. The molecular weight excluding hydrogens is 341 g/mol. The van der Waals surface area contributed by atoms with E-state index in [2.05, 4.69) is 10.4 Å². The number of amides is 1. The minimum Gasteiger partial charge on any atom is -0.448 e. The van der Waals surface area contributed by atoms with Crippen molar-refractivity contribution in [2.24, 2.45) is 0 Å². The van der Waals surface area contributed by atoms with Crippen molar-refractivity contribution in [1.29, 1.82) is 0 Å². The second kappa shape index (κ2) is 8.89. The van der Waals surface area contributed by atoms with Crippen molar-refractivity contribution in [2.45, 2.75) is 39.3 Å². The Balaban J connectivity index is 2.03. The largest absolute Gasteiger partial charge is 0.448 e. The van der Waals surface area contributed by atoms with Crippen LogP contribution in [0.2, 0.25) is 0 Å². The van der Waals surface area contributed by atoms with Gasteiger partial charge in [-0.2, -0.15) is 5.10 Å². The number of para-hydroxylation sites is 1. The van der Waals surface area contributed by atoms with E-state index in [-0.39, 0.29) is 16.9 Å². The predicted octanol–water partition coefficient (Wildman–Crippen LogP) is 2.37. The Hall–Kier alpha value is -3.03. The van der Waals surface area contributed by atoms with E-state index in [4.69, 9.17) is 4.74 Å². The molecule has 0 fully saturated rings. The van der Waals surface area contributed by atoms with E-state index in [1.165, 1.54) is 41.9 Å². The Labute approximate surface area is 149 Å². The fraction of sp³-hybridized carbons (Fsp3) is 0.333. The number of anilines is 1. The van der Waals surface area contributed by atoms with E-state index in [0.717, 1.165) is 12.8 Å². The maximum absolute atomic E-state index is 13.6. The van der Waals surface area contributed by atoms with Gasteiger partial charge in [-0.25, -0.2) is 13.9 Å². The van der Waals surface area contributed by atoms with Crippen LogP contribution in [0.25, 0.3) is 0 Å². The van der Waals surface area contributed by atoms with Gasteiger partial charge in [0.2, 0.25) is 0 Å². The topological polar surface area (TPSA) is 90.3 Å². The van der Waals surface area contributed by atoms with Gasteiger partial charge in [0.25, 0.3) is 11.5 Å². The first-order chi connectivity index (χ1) is 12.4. The summed E-state index contributed by atoms with van der Waals surface area (Å²) in [4.78, 5) is 35.9. The van der Waals surface area contributed by atoms with Crippen molar-refractivity contribution in [1.82, 2.24) is 9.78 Å². The molecule has 0 aliphatic rings. The normalized spacial score (nSPS) is 11.7. The molecule has 1 heterocycles. The van der Waals surface area contributed by atoms with Gasteiger partial charge in [0, 0.05) is 12.6 Å². The summed E-state index contributed by atoms with van der Waals surface area (Å²) < 4.78 is 19.8. The number of aryl methyl sites for hydroxylation is 1. The molecule has 0 aliphatic heterocycles. The zero-order valence-electron chi connectivity index (χ0n) is 14.6. The number of hydrogen-bond donors (Lipinski definition) is 1. The highest BCUT2D eigenvalue weighted by molar-refractivity contribution is 5.96. The lowest BCUT2D eigenvalue weighted by molar-refractivity contribution is -0.123. The predicted molar refractivity (Wildman–Crippen MR) is 93.3 cm³/mol. The first-order valence-electron chi connectivity index (χ1n) is 8.27. The van der Waals surface area contributed by atoms with Crippen molar-refractivity contribution < 1.29 is 18.7 Å². The van der Waals surface area contributed by atoms with Gasteiger partial charge >= 0.3 is 5.97 Å². The molecule has 138 valence electrons. The molecule has 2 rings (SSSR count). The van der Waals surface area contributed by atoms with E-state index in [1.807, 2.05) is 6.92 Å². The van der Waals surface area contributed by atoms with Gasteiger partial charge in [0.05, 0.1) is 5.69 Å². The monoisotopic (exact) mass is 361 g/mol. The van der Waals surface area contributed by atoms with E-state index in [0.29, 0.717) is 6.54 Å². The molecule has 26 heavy (non-hydrogen) atoms. The third-order valence-corrected chi connectivity index (χ3v) is 3.58. The highest BCUT2D eigenvalue weighted by Gasteiger charge is 2.21. The molecule has 0 saturated carbocycles. The van der Waals surface area contributed by atoms with Crippen LogP contribution in [-0.2, 0) is 16.1 Å². The third-order valence-electron chi connectivity index (χ3n) is 3.58. The number of carbonyl (C=O) groups is 2. The zero-order chi connectivity index (χ0) is 19.1. The molecular formula is C18H20FN3O4. The summed E-state index contributed by atoms with van der Waals surface area (Å²) in [5.41, 5.74) is -0.404. The van der Waals surface area contributed by atoms with Crippen LogP contribution in [0.3, 0.4) is 0 Å². The number of halogens is 1. The smallest absolute Gasteiger partial charge is 0.359 e. The lowest BCUT2D eigenvalue weighted by Gasteiger charge is -2.14. The Morgan fingerprint density at radius 3 is 2.69 bits per heavy atom. The molecule has 0 aliphatic carbocycles. The SMILES string of the molecule is CCCCn1nc(C(=O)OC(C)C(=O)Nc2ccccc2F)ccc1=O. The fourth-order valence-corrected chi connectivity index (χ4v) is 2.10. The van der Waals surface area contributed by atoms with Crippen LogP contribution in [0.1, 0.15) is 37.2 Å². The lowest BCUT2D eigenvalue weighted by Crippen LogP contribution is -2.31. The Morgan fingerprint density at radius 2 is 2.00 bits per heavy atom. The number of rotatable bonds is 7. The summed E-state index contributed by atoms with van der Waals surface area (Å²) in [6.07, 6.45) is 0.447. The fourth-order valence-electron chi connectivity index (χ4n) is 2.10. The highest BCUT2D eigenvalue weighted by Crippen LogP contribution is 2.13. The Kier molecular flexibility index (Phi) is 6.60. The maximum atomic E-state index is 13.6. The van der Waals surface area contributed by atoms with Crippen LogP contribution < -0.4 is 10.9 Å². The number of aromatic nitrogens is 2. The van der Waals surface area contributed by atoms with Gasteiger partial charge in [-0.05, 0) is 31.5 Å². The van der Waals surface area contributed by atoms with Crippen molar-refractivity contribution in [3.8, 4) is 0 Å². The van der Waals surface area contributed by atoms with Crippen LogP contribution in [-0.4, -0.2) is 27.8 Å². The number of esters is 1. The first kappa shape index (κ1) is 19.3. The molecule has 1 amide bonds. The Bertz CT molecular complexity index is 850. The standard InChI is InChI=1S/C18H20FN3O4/c1-3-4-11-22-16(23)10-9-15(21-22)18(25)26-12(2)17(24)20-14-8-6-5-7-13(14)19/h5-10,12H,3-4,11H2,1-2H3,(H,20,24). The van der Waals surface area contributed by atoms with Crippen LogP contribution in [0.4, 0.5) is 10.1 Å². The van der Waals surface area contributed by atoms with Crippen LogP contribution in [0, 0.1) is 5.82 Å². The van der Waals surface area contributed by atoms with Gasteiger partial charge < -0.3 is 10.1 Å². The molecule has 8 heteroatoms. The number of hydrogen-bond acceptors (Lipinski definition) is 5. The molecule has 0 spiro atoms. The van der Waals surface area contributed by atoms with Gasteiger partial charge in [0.15, 0.2) is 11.8 Å². The molecule has 1 atom stereocenters. The van der Waals surface area contributed by atoms with E-state index >= 15 is 0 Å². The number of nitrogens with zero attached hydrogens (tertiary/aromatic N) is 2. The zero-order valence-corrected chi connectivity index (χ0v) is 14.6. The first-order valence-corrected chi connectivity index (χ1v) is 8.27. The number of ether oxygens (including phenoxy) is 1. The van der Waals surface area contributed by atoms with Crippen molar-refractivity contribution >= 4 is 17.6 Å². The number of carbonyl (C=O) groups excluding carboxylic acids is 2. The summed E-state index contributed by atoms with van der Waals surface area (Å²) in [6, 6.07) is 8.13. The van der Waals surface area contributed by atoms with E-state index in [1.54, 1.807) is 6.07 Å². The maximum Gasteiger partial charge on any atom is 0.359 e. The molecule has 1 unspecified atom stereocenters. The van der Waals surface area contributed by atoms with Gasteiger partial charge in [-0.15, -0.1) is 0 Å². The van der Waals surface area contributed by atoms with E-state index < -0.39 is 23.8 Å². The molecule has 1 N–H and O–H groups in total. The van der Waals surface area contributed by atoms with Crippen LogP contribution in [0.5, 0.6) is 0 Å². The van der Waals surface area contributed by atoms with Crippen molar-refractivity contribution in [3.05, 3.63) is 58.3 Å². The average Bonchev–Trinajstić information content (AvgIpc) is 2.62. The van der Waals surface area contributed by atoms with E-state index in [9.17, 15) is 18.8 Å². The second-order valence-electron chi connectivity index (χ2n) is 5.65. The second-order valence-corrected chi connectivity index (χ2v) is 5.65. The van der Waals surface area contributed by atoms with Gasteiger partial charge in [-0.3, -0.25) is 9.59 Å². The number of benzene rings is 1. The summed E-state index contributed by atoms with van der Waals surface area (Å²) in [5.74, 6) is -2.11. The molecule has 2 aromatic rings. The molecule has 1 aromatic carbocycles. The summed E-state index contributed by atoms with van der Waals surface area (Å²) in [7, 11) is 0. The van der Waals surface area contributed by atoms with Crippen LogP contribution >= 0.6 is 0 Å². The minimum atomic E-state index is -1.17. The summed E-state index contributed by atoms with van der Waals surface area (Å²) >= 11 is 0. The number of unbranched alkanes of at least 4 members (excludes halogenated alkanes) is 1. The van der Waals surface area contributed by atoms with Crippen LogP contribution in [0.15, 0.2) is 41.2 Å². The third kappa shape index (κ3) is 4.98. The summed E-state index contributed by atoms with van der Waals surface area (Å²) in [5, 5.41) is 6.31.